The van der Waals surface area contributed by atoms with Gasteiger partial charge in [-0.2, -0.15) is 0 Å². The van der Waals surface area contributed by atoms with Gasteiger partial charge in [0.1, 0.15) is 0 Å². The molecule has 3 rings (SSSR count). The first-order valence-electron chi connectivity index (χ1n) is 7.80. The molecule has 2 aliphatic heterocycles. The Labute approximate surface area is 121 Å². The number of piperidine rings is 1. The lowest BCUT2D eigenvalue weighted by Crippen LogP contribution is -2.44. The molecule has 2 aliphatic rings. The highest BCUT2D eigenvalue weighted by Crippen LogP contribution is 2.25. The largest absolute Gasteiger partial charge is 0.384 e. The molecular weight excluding hydrogens is 248 g/mol. The monoisotopic (exact) mass is 272 g/mol. The lowest BCUT2D eigenvalue weighted by atomic mass is 9.95. The SMILES string of the molecule is CC1CCCN(C(C)C(=O)c2ccc3c(c2)CCN3)C1. The summed E-state index contributed by atoms with van der Waals surface area (Å²) in [5, 5.41) is 3.34. The number of carbonyl (C=O) groups is 1. The zero-order chi connectivity index (χ0) is 14.1. The molecule has 0 bridgehead atoms. The molecule has 1 N–H and O–H groups in total. The topological polar surface area (TPSA) is 32.3 Å². The van der Waals surface area contributed by atoms with Crippen molar-refractivity contribution in [3.8, 4) is 0 Å². The van der Waals surface area contributed by atoms with E-state index in [2.05, 4.69) is 36.2 Å². The zero-order valence-corrected chi connectivity index (χ0v) is 12.5. The van der Waals surface area contributed by atoms with Crippen molar-refractivity contribution in [2.75, 3.05) is 25.0 Å². The minimum atomic E-state index is 0.00478. The maximum Gasteiger partial charge on any atom is 0.179 e. The molecule has 3 heteroatoms. The van der Waals surface area contributed by atoms with E-state index in [0.717, 1.165) is 31.6 Å². The van der Waals surface area contributed by atoms with Crippen molar-refractivity contribution in [1.82, 2.24) is 4.90 Å². The van der Waals surface area contributed by atoms with Crippen molar-refractivity contribution in [2.24, 2.45) is 5.92 Å². The van der Waals surface area contributed by atoms with Gasteiger partial charge in [0.25, 0.3) is 0 Å². The second kappa shape index (κ2) is 5.57. The molecule has 1 aromatic carbocycles. The van der Waals surface area contributed by atoms with Crippen LogP contribution in [-0.2, 0) is 6.42 Å². The molecule has 2 heterocycles. The van der Waals surface area contributed by atoms with Gasteiger partial charge in [0.2, 0.25) is 0 Å². The summed E-state index contributed by atoms with van der Waals surface area (Å²) in [6.07, 6.45) is 3.54. The Morgan fingerprint density at radius 3 is 3.10 bits per heavy atom. The molecule has 1 fully saturated rings. The van der Waals surface area contributed by atoms with E-state index < -0.39 is 0 Å². The third-order valence-electron chi connectivity index (χ3n) is 4.72. The fourth-order valence-electron chi connectivity index (χ4n) is 3.44. The molecule has 0 spiro atoms. The van der Waals surface area contributed by atoms with Crippen LogP contribution in [0, 0.1) is 5.92 Å². The number of carbonyl (C=O) groups excluding carboxylic acids is 1. The van der Waals surface area contributed by atoms with Gasteiger partial charge in [0.15, 0.2) is 5.78 Å². The van der Waals surface area contributed by atoms with Gasteiger partial charge in [-0.25, -0.2) is 0 Å². The van der Waals surface area contributed by atoms with E-state index in [-0.39, 0.29) is 11.8 Å². The average Bonchev–Trinajstić information content (AvgIpc) is 2.93. The van der Waals surface area contributed by atoms with Crippen LogP contribution in [0.2, 0.25) is 0 Å². The molecule has 2 atom stereocenters. The standard InChI is InChI=1S/C17H24N2O/c1-12-4-3-9-19(11-12)13(2)17(20)15-5-6-16-14(10-15)7-8-18-16/h5-6,10,12-13,18H,3-4,7-9,11H2,1-2H3. The van der Waals surface area contributed by atoms with Gasteiger partial charge in [-0.1, -0.05) is 6.92 Å². The van der Waals surface area contributed by atoms with E-state index in [0.29, 0.717) is 5.92 Å². The van der Waals surface area contributed by atoms with Gasteiger partial charge in [-0.3, -0.25) is 9.69 Å². The summed E-state index contributed by atoms with van der Waals surface area (Å²) in [7, 11) is 0. The Bertz CT molecular complexity index is 512. The van der Waals surface area contributed by atoms with Crippen molar-refractivity contribution >= 4 is 11.5 Å². The number of ketones is 1. The number of fused-ring (bicyclic) bond motifs is 1. The van der Waals surface area contributed by atoms with Crippen LogP contribution in [-0.4, -0.2) is 36.4 Å². The lowest BCUT2D eigenvalue weighted by Gasteiger charge is -2.34. The highest BCUT2D eigenvalue weighted by Gasteiger charge is 2.26. The summed E-state index contributed by atoms with van der Waals surface area (Å²) >= 11 is 0. The minimum absolute atomic E-state index is 0.00478. The number of anilines is 1. The molecule has 0 amide bonds. The summed E-state index contributed by atoms with van der Waals surface area (Å²) in [6.45, 7) is 7.45. The van der Waals surface area contributed by atoms with E-state index >= 15 is 0 Å². The lowest BCUT2D eigenvalue weighted by molar-refractivity contribution is 0.0765. The predicted octanol–water partition coefficient (Wildman–Crippen LogP) is 2.96. The van der Waals surface area contributed by atoms with Gasteiger partial charge >= 0.3 is 0 Å². The van der Waals surface area contributed by atoms with Crippen LogP contribution in [0.1, 0.15) is 42.6 Å². The van der Waals surface area contributed by atoms with Gasteiger partial charge in [0.05, 0.1) is 6.04 Å². The number of nitrogens with zero attached hydrogens (tertiary/aromatic N) is 1. The second-order valence-corrected chi connectivity index (χ2v) is 6.33. The molecule has 2 unspecified atom stereocenters. The number of Topliss-reactive ketones (excluding diaryl/α,β-unsaturated/α-hetero) is 1. The quantitative estimate of drug-likeness (QED) is 0.859. The molecule has 0 aromatic heterocycles. The maximum atomic E-state index is 12.7. The van der Waals surface area contributed by atoms with Crippen molar-refractivity contribution in [3.63, 3.8) is 0 Å². The third kappa shape index (κ3) is 2.59. The van der Waals surface area contributed by atoms with Crippen LogP contribution in [0.25, 0.3) is 0 Å². The molecule has 108 valence electrons. The molecule has 0 saturated carbocycles. The highest BCUT2D eigenvalue weighted by molar-refractivity contribution is 6.00. The van der Waals surface area contributed by atoms with Crippen molar-refractivity contribution in [1.29, 1.82) is 0 Å². The number of rotatable bonds is 3. The number of nitrogens with one attached hydrogen (secondary N) is 1. The fourth-order valence-corrected chi connectivity index (χ4v) is 3.44. The van der Waals surface area contributed by atoms with Gasteiger partial charge < -0.3 is 5.32 Å². The summed E-state index contributed by atoms with van der Waals surface area (Å²) < 4.78 is 0. The first kappa shape index (κ1) is 13.6. The molecular formula is C17H24N2O. The van der Waals surface area contributed by atoms with Crippen LogP contribution in [0.4, 0.5) is 5.69 Å². The maximum absolute atomic E-state index is 12.7. The summed E-state index contributed by atoms with van der Waals surface area (Å²) in [6, 6.07) is 6.12. The van der Waals surface area contributed by atoms with E-state index in [1.54, 1.807) is 0 Å². The summed E-state index contributed by atoms with van der Waals surface area (Å²) in [5.41, 5.74) is 3.36. The average molecular weight is 272 g/mol. The fraction of sp³-hybridized carbons (Fsp3) is 0.588. The summed E-state index contributed by atoms with van der Waals surface area (Å²) in [4.78, 5) is 15.0. The van der Waals surface area contributed by atoms with E-state index in [4.69, 9.17) is 0 Å². The first-order chi connectivity index (χ1) is 9.65. The Morgan fingerprint density at radius 2 is 2.30 bits per heavy atom. The second-order valence-electron chi connectivity index (χ2n) is 6.33. The molecule has 20 heavy (non-hydrogen) atoms. The Balaban J connectivity index is 1.74. The minimum Gasteiger partial charge on any atom is -0.384 e. The Morgan fingerprint density at radius 1 is 1.45 bits per heavy atom. The Kier molecular flexibility index (Phi) is 3.79. The van der Waals surface area contributed by atoms with Gasteiger partial charge in [-0.15, -0.1) is 0 Å². The molecule has 1 aromatic rings. The van der Waals surface area contributed by atoms with Crippen LogP contribution in [0.3, 0.4) is 0 Å². The number of hydrogen-bond donors (Lipinski definition) is 1. The number of benzene rings is 1. The van der Waals surface area contributed by atoms with Crippen LogP contribution >= 0.6 is 0 Å². The molecule has 3 nitrogen and oxygen atoms in total. The zero-order valence-electron chi connectivity index (χ0n) is 12.5. The molecule has 1 saturated heterocycles. The molecule has 0 radical (unpaired) electrons. The normalized spacial score (nSPS) is 24.0. The summed E-state index contributed by atoms with van der Waals surface area (Å²) in [5.74, 6) is 0.983. The van der Waals surface area contributed by atoms with E-state index in [1.165, 1.54) is 24.1 Å². The van der Waals surface area contributed by atoms with Crippen molar-refractivity contribution in [2.45, 2.75) is 39.2 Å². The molecule has 0 aliphatic carbocycles. The van der Waals surface area contributed by atoms with Crippen molar-refractivity contribution < 1.29 is 4.79 Å². The number of likely N-dealkylation sites (tertiary alicyclic amines) is 1. The number of hydrogen-bond acceptors (Lipinski definition) is 3. The van der Waals surface area contributed by atoms with E-state index in [1.807, 2.05) is 6.07 Å². The van der Waals surface area contributed by atoms with Crippen LogP contribution in [0.15, 0.2) is 18.2 Å². The Hall–Kier alpha value is -1.35. The highest BCUT2D eigenvalue weighted by atomic mass is 16.1. The van der Waals surface area contributed by atoms with Gasteiger partial charge in [0, 0.05) is 24.3 Å². The first-order valence-corrected chi connectivity index (χ1v) is 7.80. The van der Waals surface area contributed by atoms with E-state index in [9.17, 15) is 4.79 Å². The smallest absolute Gasteiger partial charge is 0.179 e. The van der Waals surface area contributed by atoms with Crippen LogP contribution in [0.5, 0.6) is 0 Å². The predicted molar refractivity (Wildman–Crippen MR) is 82.4 cm³/mol. The van der Waals surface area contributed by atoms with Crippen molar-refractivity contribution in [3.05, 3.63) is 29.3 Å². The third-order valence-corrected chi connectivity index (χ3v) is 4.72. The van der Waals surface area contributed by atoms with Gasteiger partial charge in [-0.05, 0) is 62.4 Å². The van der Waals surface area contributed by atoms with Crippen LogP contribution < -0.4 is 5.32 Å².